The van der Waals surface area contributed by atoms with E-state index in [4.69, 9.17) is 5.73 Å². The minimum Gasteiger partial charge on any atom is -0.374 e. The Morgan fingerprint density at radius 3 is 2.95 bits per heavy atom. The summed E-state index contributed by atoms with van der Waals surface area (Å²) in [4.78, 5) is 15.6. The van der Waals surface area contributed by atoms with E-state index in [0.717, 1.165) is 10.9 Å². The molecule has 0 amide bonds. The Hall–Kier alpha value is -1.86. The van der Waals surface area contributed by atoms with E-state index >= 15 is 0 Å². The number of carbonyl (C=O) groups excluding carboxylic acids is 1. The van der Waals surface area contributed by atoms with E-state index < -0.39 is 0 Å². The minimum absolute atomic E-state index is 0.0706. The highest BCUT2D eigenvalue weighted by Gasteiger charge is 2.21. The molecule has 0 fully saturated rings. The number of Topliss-reactive ketones (excluding diaryl/α,β-unsaturated/α-hetero) is 1. The van der Waals surface area contributed by atoms with Crippen molar-refractivity contribution in [2.75, 3.05) is 5.73 Å². The van der Waals surface area contributed by atoms with Crippen LogP contribution in [0.4, 0.5) is 5.13 Å². The third kappa shape index (κ3) is 2.41. The molecule has 3 rings (SSSR count). The molecule has 7 heteroatoms. The predicted octanol–water partition coefficient (Wildman–Crippen LogP) is 2.97. The van der Waals surface area contributed by atoms with Crippen LogP contribution in [0.15, 0.2) is 34.8 Å². The van der Waals surface area contributed by atoms with Gasteiger partial charge in [0.25, 0.3) is 0 Å². The monoisotopic (exact) mass is 304 g/mol. The maximum Gasteiger partial charge on any atom is 0.203 e. The van der Waals surface area contributed by atoms with Gasteiger partial charge < -0.3 is 10.7 Å². The SMILES string of the molecule is C[C@H](Sc1nnc(N)s1)C(=O)c1c[nH]c2ccccc12. The topological polar surface area (TPSA) is 84.7 Å². The highest BCUT2D eigenvalue weighted by Crippen LogP contribution is 2.30. The summed E-state index contributed by atoms with van der Waals surface area (Å²) in [7, 11) is 0. The quantitative estimate of drug-likeness (QED) is 0.572. The molecule has 20 heavy (non-hydrogen) atoms. The summed E-state index contributed by atoms with van der Waals surface area (Å²) in [6.45, 7) is 1.87. The van der Waals surface area contributed by atoms with Crippen LogP contribution in [-0.4, -0.2) is 26.2 Å². The number of nitrogens with zero attached hydrogens (tertiary/aromatic N) is 2. The summed E-state index contributed by atoms with van der Waals surface area (Å²) >= 11 is 2.67. The molecular formula is C13H12N4OS2. The molecule has 0 saturated heterocycles. The molecule has 0 bridgehead atoms. The number of nitrogen functional groups attached to an aromatic ring is 1. The van der Waals surface area contributed by atoms with Gasteiger partial charge in [-0.2, -0.15) is 0 Å². The van der Waals surface area contributed by atoms with E-state index in [0.29, 0.717) is 15.0 Å². The largest absolute Gasteiger partial charge is 0.374 e. The molecule has 0 aliphatic carbocycles. The van der Waals surface area contributed by atoms with Gasteiger partial charge in [0.05, 0.1) is 5.25 Å². The Kier molecular flexibility index (Phi) is 3.45. The van der Waals surface area contributed by atoms with E-state index in [1.165, 1.54) is 23.1 Å². The average Bonchev–Trinajstić information content (AvgIpc) is 3.04. The maximum atomic E-state index is 12.5. The predicted molar refractivity (Wildman–Crippen MR) is 82.3 cm³/mol. The summed E-state index contributed by atoms with van der Waals surface area (Å²) < 4.78 is 0.711. The van der Waals surface area contributed by atoms with Crippen molar-refractivity contribution >= 4 is 44.9 Å². The first kappa shape index (κ1) is 13.1. The van der Waals surface area contributed by atoms with E-state index in [9.17, 15) is 4.79 Å². The number of nitrogens with one attached hydrogen (secondary N) is 1. The molecule has 0 spiro atoms. The van der Waals surface area contributed by atoms with Crippen LogP contribution in [-0.2, 0) is 0 Å². The Bertz CT molecular complexity index is 764. The number of nitrogens with two attached hydrogens (primary N) is 1. The molecule has 0 radical (unpaired) electrons. The molecule has 0 aliphatic rings. The molecule has 1 aromatic carbocycles. The minimum atomic E-state index is -0.235. The van der Waals surface area contributed by atoms with E-state index in [-0.39, 0.29) is 11.0 Å². The van der Waals surface area contributed by atoms with Crippen molar-refractivity contribution in [3.05, 3.63) is 36.0 Å². The number of hydrogen-bond acceptors (Lipinski definition) is 6. The Balaban J connectivity index is 1.84. The number of para-hydroxylation sites is 1. The lowest BCUT2D eigenvalue weighted by Gasteiger charge is -2.06. The van der Waals surface area contributed by atoms with Gasteiger partial charge in [0, 0.05) is 22.7 Å². The van der Waals surface area contributed by atoms with Crippen LogP contribution < -0.4 is 5.73 Å². The van der Waals surface area contributed by atoms with Crippen molar-refractivity contribution in [3.8, 4) is 0 Å². The number of carbonyl (C=O) groups is 1. The number of fused-ring (bicyclic) bond motifs is 1. The molecule has 5 nitrogen and oxygen atoms in total. The molecule has 3 N–H and O–H groups in total. The van der Waals surface area contributed by atoms with Crippen molar-refractivity contribution in [3.63, 3.8) is 0 Å². The van der Waals surface area contributed by atoms with Gasteiger partial charge in [-0.1, -0.05) is 41.3 Å². The van der Waals surface area contributed by atoms with E-state index in [1.807, 2.05) is 31.2 Å². The van der Waals surface area contributed by atoms with Gasteiger partial charge in [-0.25, -0.2) is 0 Å². The lowest BCUT2D eigenvalue weighted by Crippen LogP contribution is -2.12. The second-order valence-electron chi connectivity index (χ2n) is 4.28. The summed E-state index contributed by atoms with van der Waals surface area (Å²) in [5.74, 6) is 0.0706. The lowest BCUT2D eigenvalue weighted by atomic mass is 10.1. The third-order valence-corrected chi connectivity index (χ3v) is 4.86. The van der Waals surface area contributed by atoms with Crippen LogP contribution in [0.2, 0.25) is 0 Å². The van der Waals surface area contributed by atoms with Crippen molar-refractivity contribution in [2.45, 2.75) is 16.5 Å². The summed E-state index contributed by atoms with van der Waals surface area (Å²) in [5.41, 5.74) is 7.21. The first-order valence-corrected chi connectivity index (χ1v) is 7.70. The molecular weight excluding hydrogens is 292 g/mol. The third-order valence-electron chi connectivity index (χ3n) is 2.92. The van der Waals surface area contributed by atoms with Crippen LogP contribution >= 0.6 is 23.1 Å². The van der Waals surface area contributed by atoms with Gasteiger partial charge in [0.1, 0.15) is 0 Å². The molecule has 2 heterocycles. The first-order valence-electron chi connectivity index (χ1n) is 6.01. The fourth-order valence-electron chi connectivity index (χ4n) is 1.97. The standard InChI is InChI=1S/C13H12N4OS2/c1-7(19-13-17-16-12(14)20-13)11(18)9-6-15-10-5-3-2-4-8(9)10/h2-7,15H,1H3,(H2,14,16)/t7-/m0/s1. The molecule has 1 atom stereocenters. The summed E-state index contributed by atoms with van der Waals surface area (Å²) in [6, 6.07) is 7.76. The van der Waals surface area contributed by atoms with E-state index in [2.05, 4.69) is 15.2 Å². The number of anilines is 1. The summed E-state index contributed by atoms with van der Waals surface area (Å²) in [5, 5.41) is 8.81. The molecule has 0 saturated carbocycles. The fraction of sp³-hybridized carbons (Fsp3) is 0.154. The second-order valence-corrected chi connectivity index (χ2v) is 6.88. The van der Waals surface area contributed by atoms with Crippen LogP contribution in [0.1, 0.15) is 17.3 Å². The fourth-order valence-corrected chi connectivity index (χ4v) is 3.82. The number of aromatic amines is 1. The number of rotatable bonds is 4. The van der Waals surface area contributed by atoms with Gasteiger partial charge in [-0.3, -0.25) is 4.79 Å². The Morgan fingerprint density at radius 2 is 2.20 bits per heavy atom. The lowest BCUT2D eigenvalue weighted by molar-refractivity contribution is 0.0995. The molecule has 2 aromatic heterocycles. The summed E-state index contributed by atoms with van der Waals surface area (Å²) in [6.07, 6.45) is 1.76. The highest BCUT2D eigenvalue weighted by atomic mass is 32.2. The smallest absolute Gasteiger partial charge is 0.203 e. The molecule has 0 aliphatic heterocycles. The zero-order valence-electron chi connectivity index (χ0n) is 10.7. The van der Waals surface area contributed by atoms with Crippen LogP contribution in [0.25, 0.3) is 10.9 Å². The normalized spacial score (nSPS) is 12.7. The van der Waals surface area contributed by atoms with E-state index in [1.54, 1.807) is 6.20 Å². The number of H-pyrrole nitrogens is 1. The van der Waals surface area contributed by atoms with Crippen molar-refractivity contribution < 1.29 is 4.79 Å². The Morgan fingerprint density at radius 1 is 1.40 bits per heavy atom. The molecule has 102 valence electrons. The van der Waals surface area contributed by atoms with Gasteiger partial charge in [0.15, 0.2) is 10.1 Å². The second kappa shape index (κ2) is 5.26. The van der Waals surface area contributed by atoms with Crippen LogP contribution in [0, 0.1) is 0 Å². The number of aromatic nitrogens is 3. The van der Waals surface area contributed by atoms with Gasteiger partial charge in [-0.15, -0.1) is 10.2 Å². The highest BCUT2D eigenvalue weighted by molar-refractivity contribution is 8.02. The van der Waals surface area contributed by atoms with Gasteiger partial charge in [-0.05, 0) is 13.0 Å². The zero-order chi connectivity index (χ0) is 14.1. The maximum absolute atomic E-state index is 12.5. The molecule has 3 aromatic rings. The molecule has 0 unspecified atom stereocenters. The Labute approximate surface area is 123 Å². The average molecular weight is 304 g/mol. The van der Waals surface area contributed by atoms with Crippen molar-refractivity contribution in [2.24, 2.45) is 0 Å². The number of ketones is 1. The first-order chi connectivity index (χ1) is 9.65. The van der Waals surface area contributed by atoms with Crippen molar-refractivity contribution in [1.29, 1.82) is 0 Å². The number of benzene rings is 1. The van der Waals surface area contributed by atoms with Gasteiger partial charge in [0.2, 0.25) is 5.13 Å². The van der Waals surface area contributed by atoms with Crippen LogP contribution in [0.3, 0.4) is 0 Å². The number of hydrogen-bond donors (Lipinski definition) is 2. The van der Waals surface area contributed by atoms with Crippen LogP contribution in [0.5, 0.6) is 0 Å². The van der Waals surface area contributed by atoms with Crippen molar-refractivity contribution in [1.82, 2.24) is 15.2 Å². The zero-order valence-corrected chi connectivity index (χ0v) is 12.3. The van der Waals surface area contributed by atoms with Gasteiger partial charge >= 0.3 is 0 Å². The number of thioether (sulfide) groups is 1.